The summed E-state index contributed by atoms with van der Waals surface area (Å²) >= 11 is 6.05. The first-order valence-electron chi connectivity index (χ1n) is 10.3. The number of hydrogen-bond acceptors (Lipinski definition) is 4. The number of aliphatic hydroxyl groups excluding tert-OH is 1. The molecule has 0 saturated heterocycles. The van der Waals surface area contributed by atoms with Crippen LogP contribution < -0.4 is 10.6 Å². The first-order chi connectivity index (χ1) is 15.5. The van der Waals surface area contributed by atoms with Crippen LogP contribution >= 0.6 is 11.6 Å². The van der Waals surface area contributed by atoms with E-state index < -0.39 is 17.9 Å². The summed E-state index contributed by atoms with van der Waals surface area (Å²) in [6.07, 6.45) is 0.144. The highest BCUT2D eigenvalue weighted by molar-refractivity contribution is 6.33. The molecule has 0 fully saturated rings. The van der Waals surface area contributed by atoms with Crippen LogP contribution in [0.15, 0.2) is 72.8 Å². The summed E-state index contributed by atoms with van der Waals surface area (Å²) in [4.78, 5) is 24.2. The molecule has 0 aliphatic carbocycles. The van der Waals surface area contributed by atoms with Crippen LogP contribution in [0, 0.1) is 0 Å². The first-order valence-corrected chi connectivity index (χ1v) is 10.6. The Morgan fingerprint density at radius 3 is 2.31 bits per heavy atom. The minimum atomic E-state index is -1.12. The maximum atomic E-state index is 12.5. The summed E-state index contributed by atoms with van der Waals surface area (Å²) in [6.45, 7) is 1.23. The van der Waals surface area contributed by atoms with Gasteiger partial charge in [-0.1, -0.05) is 72.3 Å². The van der Waals surface area contributed by atoms with Gasteiger partial charge in [-0.25, -0.2) is 4.79 Å². The molecule has 0 radical (unpaired) electrons. The van der Waals surface area contributed by atoms with Crippen LogP contribution in [0.4, 0.5) is 0 Å². The molecule has 0 saturated carbocycles. The van der Waals surface area contributed by atoms with Crippen molar-refractivity contribution in [1.82, 2.24) is 10.6 Å². The summed E-state index contributed by atoms with van der Waals surface area (Å²) in [5, 5.41) is 24.6. The van der Waals surface area contributed by atoms with Crippen molar-refractivity contribution in [3.05, 3.63) is 94.5 Å². The van der Waals surface area contributed by atoms with Gasteiger partial charge in [0.05, 0.1) is 17.2 Å². The molecule has 3 rings (SSSR count). The van der Waals surface area contributed by atoms with Crippen LogP contribution in [0.2, 0.25) is 5.02 Å². The molecule has 3 aromatic rings. The minimum absolute atomic E-state index is 0.0780. The Labute approximate surface area is 191 Å². The molecule has 1 unspecified atom stereocenters. The molecule has 0 bridgehead atoms. The quantitative estimate of drug-likeness (QED) is 0.353. The summed E-state index contributed by atoms with van der Waals surface area (Å²) in [6, 6.07) is 21.0. The molecule has 0 aliphatic heterocycles. The third kappa shape index (κ3) is 6.17. The van der Waals surface area contributed by atoms with Crippen molar-refractivity contribution < 1.29 is 19.8 Å². The van der Waals surface area contributed by atoms with Crippen molar-refractivity contribution in [2.24, 2.45) is 0 Å². The van der Waals surface area contributed by atoms with Gasteiger partial charge in [0.1, 0.15) is 6.04 Å². The van der Waals surface area contributed by atoms with Crippen molar-refractivity contribution >= 4 is 23.5 Å². The molecule has 7 heteroatoms. The van der Waals surface area contributed by atoms with Gasteiger partial charge in [-0.05, 0) is 34.4 Å². The van der Waals surface area contributed by atoms with Crippen LogP contribution in [0.25, 0.3) is 11.1 Å². The van der Waals surface area contributed by atoms with Gasteiger partial charge in [0.25, 0.3) is 5.91 Å². The van der Waals surface area contributed by atoms with E-state index in [-0.39, 0.29) is 23.6 Å². The second-order valence-electron chi connectivity index (χ2n) is 7.30. The van der Waals surface area contributed by atoms with E-state index in [1.807, 2.05) is 48.5 Å². The predicted octanol–water partition coefficient (Wildman–Crippen LogP) is 3.51. The first kappa shape index (κ1) is 23.5. The van der Waals surface area contributed by atoms with Gasteiger partial charge >= 0.3 is 5.97 Å². The number of aliphatic carboxylic acids is 1. The summed E-state index contributed by atoms with van der Waals surface area (Å²) < 4.78 is 0. The number of benzene rings is 3. The third-order valence-corrected chi connectivity index (χ3v) is 5.38. The van der Waals surface area contributed by atoms with Gasteiger partial charge in [0, 0.05) is 19.5 Å². The zero-order valence-corrected chi connectivity index (χ0v) is 18.2. The van der Waals surface area contributed by atoms with Crippen LogP contribution in [0.1, 0.15) is 21.5 Å². The largest absolute Gasteiger partial charge is 0.480 e. The third-order valence-electron chi connectivity index (χ3n) is 5.05. The fourth-order valence-corrected chi connectivity index (χ4v) is 3.62. The number of carbonyl (C=O) groups is 2. The van der Waals surface area contributed by atoms with E-state index in [4.69, 9.17) is 16.7 Å². The van der Waals surface area contributed by atoms with Gasteiger partial charge in [-0.15, -0.1) is 0 Å². The average Bonchev–Trinajstić information content (AvgIpc) is 2.80. The summed E-state index contributed by atoms with van der Waals surface area (Å²) in [5.74, 6) is -1.64. The summed E-state index contributed by atoms with van der Waals surface area (Å²) in [7, 11) is 0. The molecule has 0 aromatic heterocycles. The molecule has 1 atom stereocenters. The van der Waals surface area contributed by atoms with Crippen molar-refractivity contribution in [1.29, 1.82) is 0 Å². The fraction of sp³-hybridized carbons (Fsp3) is 0.200. The molecule has 0 heterocycles. The number of carboxylic acid groups (broad SMARTS) is 1. The standard InChI is InChI=1S/C25H25ClN2O4/c26-22-8-4-3-7-21(22)24(30)28-23(25(31)32)15-17-9-11-18(12-10-17)20-6-2-1-5-19(20)16-27-13-14-29/h1-12,23,27,29H,13-16H2,(H,28,30)(H,31,32). The number of nitrogens with one attached hydrogen (secondary N) is 2. The monoisotopic (exact) mass is 452 g/mol. The number of rotatable bonds is 10. The second kappa shape index (κ2) is 11.4. The van der Waals surface area contributed by atoms with E-state index in [9.17, 15) is 14.7 Å². The highest BCUT2D eigenvalue weighted by atomic mass is 35.5. The lowest BCUT2D eigenvalue weighted by Gasteiger charge is -2.16. The molecule has 0 aliphatic rings. The highest BCUT2D eigenvalue weighted by Gasteiger charge is 2.22. The van der Waals surface area contributed by atoms with E-state index in [0.29, 0.717) is 13.1 Å². The van der Waals surface area contributed by atoms with E-state index in [1.165, 1.54) is 0 Å². The lowest BCUT2D eigenvalue weighted by molar-refractivity contribution is -0.139. The normalized spacial score (nSPS) is 11.7. The molecule has 6 nitrogen and oxygen atoms in total. The molecular weight excluding hydrogens is 428 g/mol. The van der Waals surface area contributed by atoms with Gasteiger partial charge in [0.15, 0.2) is 0 Å². The Morgan fingerprint density at radius 1 is 0.938 bits per heavy atom. The van der Waals surface area contributed by atoms with Gasteiger partial charge in [-0.3, -0.25) is 4.79 Å². The molecule has 32 heavy (non-hydrogen) atoms. The Hall–Kier alpha value is -3.19. The number of carboxylic acids is 1. The Kier molecular flexibility index (Phi) is 8.39. The van der Waals surface area contributed by atoms with E-state index in [2.05, 4.69) is 10.6 Å². The summed E-state index contributed by atoms with van der Waals surface area (Å²) in [5.41, 5.74) is 4.19. The van der Waals surface area contributed by atoms with Crippen molar-refractivity contribution in [3.8, 4) is 11.1 Å². The minimum Gasteiger partial charge on any atom is -0.480 e. The van der Waals surface area contributed by atoms with Crippen LogP contribution in [0.5, 0.6) is 0 Å². The second-order valence-corrected chi connectivity index (χ2v) is 7.71. The lowest BCUT2D eigenvalue weighted by Crippen LogP contribution is -2.42. The Bertz CT molecular complexity index is 1070. The molecule has 1 amide bonds. The fourth-order valence-electron chi connectivity index (χ4n) is 3.40. The highest BCUT2D eigenvalue weighted by Crippen LogP contribution is 2.24. The van der Waals surface area contributed by atoms with Gasteiger partial charge < -0.3 is 20.8 Å². The van der Waals surface area contributed by atoms with E-state index >= 15 is 0 Å². The number of carbonyl (C=O) groups excluding carboxylic acids is 1. The van der Waals surface area contributed by atoms with Crippen LogP contribution in [-0.2, 0) is 17.8 Å². The lowest BCUT2D eigenvalue weighted by atomic mass is 9.97. The van der Waals surface area contributed by atoms with Gasteiger partial charge in [-0.2, -0.15) is 0 Å². The maximum absolute atomic E-state index is 12.5. The number of hydrogen-bond donors (Lipinski definition) is 4. The number of amides is 1. The molecule has 3 aromatic carbocycles. The zero-order valence-electron chi connectivity index (χ0n) is 17.4. The SMILES string of the molecule is O=C(NC(Cc1ccc(-c2ccccc2CNCCO)cc1)C(=O)O)c1ccccc1Cl. The van der Waals surface area contributed by atoms with E-state index in [1.54, 1.807) is 24.3 Å². The smallest absolute Gasteiger partial charge is 0.326 e. The van der Waals surface area contributed by atoms with Gasteiger partial charge in [0.2, 0.25) is 0 Å². The predicted molar refractivity (Wildman–Crippen MR) is 125 cm³/mol. The van der Waals surface area contributed by atoms with Crippen LogP contribution in [0.3, 0.4) is 0 Å². The number of halogens is 1. The van der Waals surface area contributed by atoms with Crippen molar-refractivity contribution in [2.45, 2.75) is 19.0 Å². The molecular formula is C25H25ClN2O4. The maximum Gasteiger partial charge on any atom is 0.326 e. The molecule has 0 spiro atoms. The van der Waals surface area contributed by atoms with E-state index in [0.717, 1.165) is 22.3 Å². The van der Waals surface area contributed by atoms with Crippen molar-refractivity contribution in [2.75, 3.05) is 13.2 Å². The Morgan fingerprint density at radius 2 is 1.62 bits per heavy atom. The van der Waals surface area contributed by atoms with Crippen LogP contribution in [-0.4, -0.2) is 41.3 Å². The number of aliphatic hydroxyl groups is 1. The average molecular weight is 453 g/mol. The van der Waals surface area contributed by atoms with Crippen molar-refractivity contribution in [3.63, 3.8) is 0 Å². The molecule has 4 N–H and O–H groups in total. The zero-order chi connectivity index (χ0) is 22.9. The molecule has 166 valence electrons. The Balaban J connectivity index is 1.72. The topological polar surface area (TPSA) is 98.7 Å².